The zero-order chi connectivity index (χ0) is 13.5. The number of carboxylic acid groups (broad SMARTS) is 1. The number of hydrogen-bond acceptors (Lipinski definition) is 4. The van der Waals surface area contributed by atoms with E-state index in [9.17, 15) is 14.4 Å². The molecular formula is C13H14O5. The van der Waals surface area contributed by atoms with Crippen molar-refractivity contribution in [1.82, 2.24) is 0 Å². The fourth-order valence-electron chi connectivity index (χ4n) is 1.60. The molecule has 0 spiro atoms. The Kier molecular flexibility index (Phi) is 5.05. The van der Waals surface area contributed by atoms with Crippen LogP contribution in [0, 0.1) is 0 Å². The third-order valence-electron chi connectivity index (χ3n) is 2.42. The summed E-state index contributed by atoms with van der Waals surface area (Å²) < 4.78 is 4.84. The topological polar surface area (TPSA) is 80.7 Å². The summed E-state index contributed by atoms with van der Waals surface area (Å²) in [7, 11) is 0. The fraction of sp³-hybridized carbons (Fsp3) is 0.308. The molecule has 1 rings (SSSR count). The lowest BCUT2D eigenvalue weighted by Crippen LogP contribution is -2.10. The van der Waals surface area contributed by atoms with Crippen molar-refractivity contribution in [2.75, 3.05) is 6.61 Å². The largest absolute Gasteiger partial charge is 0.481 e. The van der Waals surface area contributed by atoms with Gasteiger partial charge in [-0.15, -0.1) is 0 Å². The van der Waals surface area contributed by atoms with Crippen molar-refractivity contribution in [2.45, 2.75) is 19.8 Å². The van der Waals surface area contributed by atoms with E-state index in [0.717, 1.165) is 0 Å². The van der Waals surface area contributed by atoms with E-state index >= 15 is 0 Å². The first-order valence-electron chi connectivity index (χ1n) is 5.56. The molecule has 5 nitrogen and oxygen atoms in total. The van der Waals surface area contributed by atoms with Crippen LogP contribution in [0.15, 0.2) is 18.2 Å². The molecule has 0 unspecified atom stereocenters. The smallest absolute Gasteiger partial charge is 0.338 e. The normalized spacial score (nSPS) is 9.83. The minimum Gasteiger partial charge on any atom is -0.481 e. The number of rotatable bonds is 6. The average Bonchev–Trinajstić information content (AvgIpc) is 2.35. The molecule has 0 aliphatic carbocycles. The van der Waals surface area contributed by atoms with Gasteiger partial charge in [-0.25, -0.2) is 4.79 Å². The maximum absolute atomic E-state index is 11.6. The molecule has 0 saturated heterocycles. The number of ether oxygens (including phenoxy) is 1. The van der Waals surface area contributed by atoms with Gasteiger partial charge in [0.15, 0.2) is 6.29 Å². The number of carbonyl (C=O) groups is 3. The van der Waals surface area contributed by atoms with Gasteiger partial charge >= 0.3 is 11.9 Å². The van der Waals surface area contributed by atoms with Crippen LogP contribution in [0.4, 0.5) is 0 Å². The number of aldehydes is 1. The van der Waals surface area contributed by atoms with Gasteiger partial charge in [0.25, 0.3) is 0 Å². The van der Waals surface area contributed by atoms with E-state index in [1.165, 1.54) is 6.07 Å². The molecular weight excluding hydrogens is 236 g/mol. The lowest BCUT2D eigenvalue weighted by atomic mass is 9.98. The molecule has 0 aromatic heterocycles. The van der Waals surface area contributed by atoms with Crippen LogP contribution < -0.4 is 0 Å². The summed E-state index contributed by atoms with van der Waals surface area (Å²) in [6.07, 6.45) is 0.674. The monoisotopic (exact) mass is 250 g/mol. The summed E-state index contributed by atoms with van der Waals surface area (Å²) >= 11 is 0. The van der Waals surface area contributed by atoms with Gasteiger partial charge < -0.3 is 9.84 Å². The SMILES string of the molecule is CCOC(=O)c1cccc(CCC(=O)O)c1C=O. The molecule has 0 atom stereocenters. The van der Waals surface area contributed by atoms with Crippen molar-refractivity contribution < 1.29 is 24.2 Å². The number of aliphatic carboxylic acids is 1. The summed E-state index contributed by atoms with van der Waals surface area (Å²) in [4.78, 5) is 33.2. The van der Waals surface area contributed by atoms with Gasteiger partial charge in [-0.05, 0) is 25.0 Å². The van der Waals surface area contributed by atoms with Gasteiger partial charge in [0.05, 0.1) is 12.2 Å². The number of carbonyl (C=O) groups excluding carboxylic acids is 2. The van der Waals surface area contributed by atoms with Crippen LogP contribution in [0.25, 0.3) is 0 Å². The second-order valence-corrected chi connectivity index (χ2v) is 3.61. The van der Waals surface area contributed by atoms with E-state index in [-0.39, 0.29) is 30.6 Å². The van der Waals surface area contributed by atoms with Crippen LogP contribution in [-0.2, 0) is 16.0 Å². The maximum atomic E-state index is 11.6. The molecule has 0 heterocycles. The molecule has 0 bridgehead atoms. The van der Waals surface area contributed by atoms with Crippen molar-refractivity contribution in [3.63, 3.8) is 0 Å². The van der Waals surface area contributed by atoms with Crippen molar-refractivity contribution in [3.05, 3.63) is 34.9 Å². The highest BCUT2D eigenvalue weighted by Crippen LogP contribution is 2.16. The lowest BCUT2D eigenvalue weighted by molar-refractivity contribution is -0.136. The third-order valence-corrected chi connectivity index (χ3v) is 2.42. The maximum Gasteiger partial charge on any atom is 0.338 e. The Balaban J connectivity index is 3.05. The molecule has 0 radical (unpaired) electrons. The average molecular weight is 250 g/mol. The van der Waals surface area contributed by atoms with E-state index < -0.39 is 11.9 Å². The predicted molar refractivity (Wildman–Crippen MR) is 63.7 cm³/mol. The number of benzene rings is 1. The van der Waals surface area contributed by atoms with Gasteiger partial charge in [0, 0.05) is 12.0 Å². The van der Waals surface area contributed by atoms with Crippen molar-refractivity contribution in [3.8, 4) is 0 Å². The van der Waals surface area contributed by atoms with Crippen LogP contribution in [0.5, 0.6) is 0 Å². The standard InChI is InChI=1S/C13H14O5/c1-2-18-13(17)10-5-3-4-9(11(10)8-14)6-7-12(15)16/h3-5,8H,2,6-7H2,1H3,(H,15,16). The molecule has 1 aromatic carbocycles. The van der Waals surface area contributed by atoms with Crippen LogP contribution in [-0.4, -0.2) is 29.9 Å². The second-order valence-electron chi connectivity index (χ2n) is 3.61. The summed E-state index contributed by atoms with van der Waals surface area (Å²) in [5, 5.41) is 8.62. The Bertz CT molecular complexity index is 464. The van der Waals surface area contributed by atoms with Gasteiger partial charge in [-0.3, -0.25) is 9.59 Å². The number of hydrogen-bond donors (Lipinski definition) is 1. The first-order valence-corrected chi connectivity index (χ1v) is 5.56. The van der Waals surface area contributed by atoms with E-state index in [0.29, 0.717) is 11.8 Å². The molecule has 1 N–H and O–H groups in total. The third kappa shape index (κ3) is 3.41. The summed E-state index contributed by atoms with van der Waals surface area (Å²) in [5.74, 6) is -1.52. The Labute approximate surface area is 104 Å². The van der Waals surface area contributed by atoms with Crippen LogP contribution in [0.1, 0.15) is 39.6 Å². The molecule has 18 heavy (non-hydrogen) atoms. The van der Waals surface area contributed by atoms with Crippen molar-refractivity contribution in [1.29, 1.82) is 0 Å². The fourth-order valence-corrected chi connectivity index (χ4v) is 1.60. The molecule has 5 heteroatoms. The second kappa shape index (κ2) is 6.54. The van der Waals surface area contributed by atoms with Gasteiger partial charge in [-0.1, -0.05) is 12.1 Å². The summed E-state index contributed by atoms with van der Waals surface area (Å²) in [6, 6.07) is 4.73. The van der Waals surface area contributed by atoms with Gasteiger partial charge in [0.2, 0.25) is 0 Å². The number of aryl methyl sites for hydroxylation is 1. The highest BCUT2D eigenvalue weighted by atomic mass is 16.5. The minimum absolute atomic E-state index is 0.0902. The number of carboxylic acids is 1. The summed E-state index contributed by atoms with van der Waals surface area (Å²) in [6.45, 7) is 1.89. The summed E-state index contributed by atoms with van der Waals surface area (Å²) in [5.41, 5.74) is 0.921. The Morgan fingerprint density at radius 2 is 2.11 bits per heavy atom. The Hall–Kier alpha value is -2.17. The van der Waals surface area contributed by atoms with E-state index in [4.69, 9.17) is 9.84 Å². The molecule has 96 valence electrons. The van der Waals surface area contributed by atoms with Crippen LogP contribution in [0.3, 0.4) is 0 Å². The lowest BCUT2D eigenvalue weighted by Gasteiger charge is -2.08. The van der Waals surface area contributed by atoms with Gasteiger partial charge in [0.1, 0.15) is 0 Å². The predicted octanol–water partition coefficient (Wildman–Crippen LogP) is 1.69. The highest BCUT2D eigenvalue weighted by molar-refractivity contribution is 5.99. The van der Waals surface area contributed by atoms with E-state index in [2.05, 4.69) is 0 Å². The first-order chi connectivity index (χ1) is 8.60. The zero-order valence-electron chi connectivity index (χ0n) is 10.0. The van der Waals surface area contributed by atoms with Crippen molar-refractivity contribution >= 4 is 18.2 Å². The van der Waals surface area contributed by atoms with Crippen LogP contribution >= 0.6 is 0 Å². The van der Waals surface area contributed by atoms with Crippen molar-refractivity contribution in [2.24, 2.45) is 0 Å². The van der Waals surface area contributed by atoms with Gasteiger partial charge in [-0.2, -0.15) is 0 Å². The molecule has 1 aromatic rings. The van der Waals surface area contributed by atoms with E-state index in [1.807, 2.05) is 0 Å². The Morgan fingerprint density at radius 3 is 2.67 bits per heavy atom. The van der Waals surface area contributed by atoms with E-state index in [1.54, 1.807) is 19.1 Å². The minimum atomic E-state index is -0.951. The Morgan fingerprint density at radius 1 is 1.39 bits per heavy atom. The molecule has 0 saturated carbocycles. The first kappa shape index (κ1) is 13.9. The number of esters is 1. The quantitative estimate of drug-likeness (QED) is 0.613. The molecule has 0 aliphatic rings. The highest BCUT2D eigenvalue weighted by Gasteiger charge is 2.15. The molecule has 0 fully saturated rings. The zero-order valence-corrected chi connectivity index (χ0v) is 10.0. The van der Waals surface area contributed by atoms with Crippen LogP contribution in [0.2, 0.25) is 0 Å². The molecule has 0 amide bonds. The molecule has 0 aliphatic heterocycles.